The van der Waals surface area contributed by atoms with Crippen molar-refractivity contribution >= 4 is 17.7 Å². The number of thioether (sulfide) groups is 1. The van der Waals surface area contributed by atoms with Crippen molar-refractivity contribution in [3.63, 3.8) is 0 Å². The van der Waals surface area contributed by atoms with E-state index < -0.39 is 5.54 Å². The van der Waals surface area contributed by atoms with E-state index in [2.05, 4.69) is 41.9 Å². The number of amides is 1. The van der Waals surface area contributed by atoms with Gasteiger partial charge in [-0.3, -0.25) is 9.69 Å². The number of nitrogens with zero attached hydrogens (tertiary/aromatic N) is 2. The summed E-state index contributed by atoms with van der Waals surface area (Å²) >= 11 is 1.72. The van der Waals surface area contributed by atoms with Crippen molar-refractivity contribution in [1.82, 2.24) is 10.2 Å². The molecule has 1 fully saturated rings. The van der Waals surface area contributed by atoms with Crippen molar-refractivity contribution in [1.29, 1.82) is 5.26 Å². The first-order valence-corrected chi connectivity index (χ1v) is 9.33. The molecule has 0 heterocycles. The molecule has 1 aliphatic rings. The number of hydrogen-bond acceptors (Lipinski definition) is 4. The molecule has 1 aromatic carbocycles. The maximum atomic E-state index is 12.3. The zero-order valence-corrected chi connectivity index (χ0v) is 14.8. The fraction of sp³-hybridized carbons (Fsp3) is 0.556. The topological polar surface area (TPSA) is 56.1 Å². The molecule has 1 amide bonds. The van der Waals surface area contributed by atoms with Crippen molar-refractivity contribution in [3.05, 3.63) is 29.8 Å². The molecule has 23 heavy (non-hydrogen) atoms. The summed E-state index contributed by atoms with van der Waals surface area (Å²) in [6.45, 7) is 1.04. The molecule has 1 aromatic rings. The SMILES string of the molecule is CSc1ccc(CN(C)CC(=O)NC2(C#N)CCCCC2)cc1. The van der Waals surface area contributed by atoms with E-state index in [-0.39, 0.29) is 5.91 Å². The van der Waals surface area contributed by atoms with Crippen LogP contribution < -0.4 is 5.32 Å². The van der Waals surface area contributed by atoms with Gasteiger partial charge in [-0.25, -0.2) is 0 Å². The molecule has 0 radical (unpaired) electrons. The summed E-state index contributed by atoms with van der Waals surface area (Å²) in [6.07, 6.45) is 6.80. The van der Waals surface area contributed by atoms with E-state index in [1.165, 1.54) is 10.5 Å². The van der Waals surface area contributed by atoms with E-state index in [1.807, 2.05) is 11.9 Å². The van der Waals surface area contributed by atoms with Crippen LogP contribution in [-0.4, -0.2) is 36.2 Å². The van der Waals surface area contributed by atoms with Crippen LogP contribution in [0.25, 0.3) is 0 Å². The van der Waals surface area contributed by atoms with Gasteiger partial charge in [0.15, 0.2) is 0 Å². The Labute approximate surface area is 143 Å². The van der Waals surface area contributed by atoms with E-state index >= 15 is 0 Å². The van der Waals surface area contributed by atoms with Crippen LogP contribution in [0.15, 0.2) is 29.2 Å². The second-order valence-corrected chi connectivity index (χ2v) is 7.20. The minimum absolute atomic E-state index is 0.0586. The Kier molecular flexibility index (Phi) is 6.49. The molecule has 0 atom stereocenters. The Hall–Kier alpha value is -1.51. The first-order valence-electron chi connectivity index (χ1n) is 8.11. The summed E-state index contributed by atoms with van der Waals surface area (Å²) < 4.78 is 0. The standard InChI is InChI=1S/C18H25N3OS/c1-21(12-15-6-8-16(23-2)9-7-15)13-17(22)20-18(14-19)10-4-3-5-11-18/h6-9H,3-5,10-13H2,1-2H3,(H,20,22). The lowest BCUT2D eigenvalue weighted by Crippen LogP contribution is -2.51. The monoisotopic (exact) mass is 331 g/mol. The lowest BCUT2D eigenvalue weighted by Gasteiger charge is -2.32. The molecule has 1 saturated carbocycles. The molecule has 0 aromatic heterocycles. The van der Waals surface area contributed by atoms with Crippen LogP contribution in [0.2, 0.25) is 0 Å². The summed E-state index contributed by atoms with van der Waals surface area (Å²) in [7, 11) is 1.93. The number of carbonyl (C=O) groups excluding carboxylic acids is 1. The lowest BCUT2D eigenvalue weighted by atomic mass is 9.83. The largest absolute Gasteiger partial charge is 0.337 e. The fourth-order valence-corrected chi connectivity index (χ4v) is 3.48. The van der Waals surface area contributed by atoms with Crippen LogP contribution in [0, 0.1) is 11.3 Å². The predicted molar refractivity (Wildman–Crippen MR) is 94.1 cm³/mol. The summed E-state index contributed by atoms with van der Waals surface area (Å²) in [5, 5.41) is 12.4. The average Bonchev–Trinajstić information content (AvgIpc) is 2.56. The fourth-order valence-electron chi connectivity index (χ4n) is 3.07. The van der Waals surface area contributed by atoms with Crippen molar-refractivity contribution in [3.8, 4) is 6.07 Å². The first-order chi connectivity index (χ1) is 11.1. The third-order valence-electron chi connectivity index (χ3n) is 4.32. The van der Waals surface area contributed by atoms with E-state index in [0.717, 1.165) is 38.6 Å². The van der Waals surface area contributed by atoms with Crippen molar-refractivity contribution in [2.45, 2.75) is 49.1 Å². The van der Waals surface area contributed by atoms with Gasteiger partial charge in [-0.2, -0.15) is 5.26 Å². The molecule has 0 unspecified atom stereocenters. The van der Waals surface area contributed by atoms with E-state index in [9.17, 15) is 10.1 Å². The van der Waals surface area contributed by atoms with Gasteiger partial charge in [0.05, 0.1) is 12.6 Å². The number of nitriles is 1. The van der Waals surface area contributed by atoms with Gasteiger partial charge in [0.25, 0.3) is 0 Å². The first kappa shape index (κ1) is 17.8. The summed E-state index contributed by atoms with van der Waals surface area (Å²) in [5.41, 5.74) is 0.543. The summed E-state index contributed by atoms with van der Waals surface area (Å²) in [4.78, 5) is 15.5. The third-order valence-corrected chi connectivity index (χ3v) is 5.07. The van der Waals surface area contributed by atoms with Crippen molar-refractivity contribution in [2.75, 3.05) is 19.8 Å². The van der Waals surface area contributed by atoms with Crippen LogP contribution in [0.3, 0.4) is 0 Å². The smallest absolute Gasteiger partial charge is 0.235 e. The minimum Gasteiger partial charge on any atom is -0.337 e. The summed E-state index contributed by atoms with van der Waals surface area (Å²) in [5.74, 6) is -0.0586. The van der Waals surface area contributed by atoms with Gasteiger partial charge in [-0.1, -0.05) is 31.4 Å². The third kappa shape index (κ3) is 5.26. The average molecular weight is 331 g/mol. The van der Waals surface area contributed by atoms with Crippen LogP contribution in [-0.2, 0) is 11.3 Å². The Balaban J connectivity index is 1.85. The van der Waals surface area contributed by atoms with Gasteiger partial charge in [-0.15, -0.1) is 11.8 Å². The number of hydrogen-bond donors (Lipinski definition) is 1. The molecular formula is C18H25N3OS. The van der Waals surface area contributed by atoms with Crippen LogP contribution in [0.4, 0.5) is 0 Å². The zero-order chi connectivity index (χ0) is 16.7. The van der Waals surface area contributed by atoms with E-state index in [1.54, 1.807) is 11.8 Å². The van der Waals surface area contributed by atoms with Crippen LogP contribution in [0.5, 0.6) is 0 Å². The Morgan fingerprint density at radius 1 is 1.30 bits per heavy atom. The van der Waals surface area contributed by atoms with Crippen LogP contribution >= 0.6 is 11.8 Å². The molecule has 1 N–H and O–H groups in total. The predicted octanol–water partition coefficient (Wildman–Crippen LogP) is 3.18. The molecule has 2 rings (SSSR count). The normalized spacial score (nSPS) is 16.8. The molecule has 4 nitrogen and oxygen atoms in total. The Morgan fingerprint density at radius 2 is 1.96 bits per heavy atom. The highest BCUT2D eigenvalue weighted by atomic mass is 32.2. The Morgan fingerprint density at radius 3 is 2.52 bits per heavy atom. The second kappa shape index (κ2) is 8.37. The van der Waals surface area contributed by atoms with Gasteiger partial charge in [0.1, 0.15) is 5.54 Å². The summed E-state index contributed by atoms with van der Waals surface area (Å²) in [6, 6.07) is 10.7. The highest BCUT2D eigenvalue weighted by Gasteiger charge is 2.33. The lowest BCUT2D eigenvalue weighted by molar-refractivity contribution is -0.123. The molecule has 1 aliphatic carbocycles. The number of rotatable bonds is 6. The highest BCUT2D eigenvalue weighted by Crippen LogP contribution is 2.27. The molecular weight excluding hydrogens is 306 g/mol. The highest BCUT2D eigenvalue weighted by molar-refractivity contribution is 7.98. The van der Waals surface area contributed by atoms with E-state index in [0.29, 0.717) is 6.54 Å². The van der Waals surface area contributed by atoms with Gasteiger partial charge in [0, 0.05) is 11.4 Å². The molecule has 0 spiro atoms. The molecule has 0 saturated heterocycles. The van der Waals surface area contributed by atoms with Crippen LogP contribution in [0.1, 0.15) is 37.7 Å². The van der Waals surface area contributed by atoms with Gasteiger partial charge < -0.3 is 5.32 Å². The van der Waals surface area contributed by atoms with Crippen molar-refractivity contribution in [2.24, 2.45) is 0 Å². The second-order valence-electron chi connectivity index (χ2n) is 6.32. The minimum atomic E-state index is -0.643. The number of nitrogens with one attached hydrogen (secondary N) is 1. The molecule has 124 valence electrons. The zero-order valence-electron chi connectivity index (χ0n) is 14.0. The van der Waals surface area contributed by atoms with Gasteiger partial charge >= 0.3 is 0 Å². The quantitative estimate of drug-likeness (QED) is 0.814. The maximum absolute atomic E-state index is 12.3. The van der Waals surface area contributed by atoms with Gasteiger partial charge in [-0.05, 0) is 43.8 Å². The molecule has 5 heteroatoms. The maximum Gasteiger partial charge on any atom is 0.235 e. The van der Waals surface area contributed by atoms with E-state index in [4.69, 9.17) is 0 Å². The number of benzene rings is 1. The molecule has 0 aliphatic heterocycles. The number of likely N-dealkylation sites (N-methyl/N-ethyl adjacent to an activating group) is 1. The molecule has 0 bridgehead atoms. The van der Waals surface area contributed by atoms with Gasteiger partial charge in [0.2, 0.25) is 5.91 Å². The number of carbonyl (C=O) groups is 1. The van der Waals surface area contributed by atoms with Crippen molar-refractivity contribution < 1.29 is 4.79 Å². The Bertz CT molecular complexity index is 559.